The number of anilines is 1. The number of likely N-dealkylation sites (N-methyl/N-ethyl adjacent to an activating group) is 1. The fraction of sp³-hybridized carbons (Fsp3) is 0.571. The second-order valence-electron chi connectivity index (χ2n) is 5.60. The Balaban J connectivity index is 2.00. The van der Waals surface area contributed by atoms with Gasteiger partial charge in [0.25, 0.3) is 0 Å². The lowest BCUT2D eigenvalue weighted by molar-refractivity contribution is 0.257. The number of halogens is 1. The molecule has 2 aromatic heterocycles. The fourth-order valence-corrected chi connectivity index (χ4v) is 3.90. The number of hydrogen-bond acceptors (Lipinski definition) is 5. The van der Waals surface area contributed by atoms with Crippen LogP contribution in [0.15, 0.2) is 6.07 Å². The molecule has 2 aromatic rings. The van der Waals surface area contributed by atoms with Crippen LogP contribution >= 0.6 is 22.9 Å². The van der Waals surface area contributed by atoms with Crippen molar-refractivity contribution in [2.45, 2.75) is 25.8 Å². The van der Waals surface area contributed by atoms with Crippen LogP contribution in [0, 0.1) is 6.92 Å². The summed E-state index contributed by atoms with van der Waals surface area (Å²) in [6.07, 6.45) is 2.43. The van der Waals surface area contributed by atoms with Gasteiger partial charge in [0.1, 0.15) is 10.6 Å². The van der Waals surface area contributed by atoms with Crippen molar-refractivity contribution in [1.29, 1.82) is 0 Å². The van der Waals surface area contributed by atoms with Crippen LogP contribution in [0.4, 0.5) is 5.82 Å². The molecule has 4 nitrogen and oxygen atoms in total. The van der Waals surface area contributed by atoms with Crippen molar-refractivity contribution < 1.29 is 0 Å². The summed E-state index contributed by atoms with van der Waals surface area (Å²) in [6.45, 7) is 4.15. The maximum Gasteiger partial charge on any atom is 0.225 e. The van der Waals surface area contributed by atoms with Gasteiger partial charge in [-0.05, 0) is 51.5 Å². The highest BCUT2D eigenvalue weighted by Gasteiger charge is 2.24. The highest BCUT2D eigenvalue weighted by Crippen LogP contribution is 2.33. The summed E-state index contributed by atoms with van der Waals surface area (Å²) in [5.41, 5.74) is 0. The van der Waals surface area contributed by atoms with E-state index >= 15 is 0 Å². The van der Waals surface area contributed by atoms with Gasteiger partial charge in [0.15, 0.2) is 0 Å². The van der Waals surface area contributed by atoms with Crippen LogP contribution in [0.2, 0.25) is 5.28 Å². The Hall–Kier alpha value is -0.910. The molecule has 0 spiro atoms. The normalized spacial score (nSPS) is 20.1. The van der Waals surface area contributed by atoms with Gasteiger partial charge in [-0.3, -0.25) is 0 Å². The van der Waals surface area contributed by atoms with Gasteiger partial charge in [-0.25, -0.2) is 4.98 Å². The van der Waals surface area contributed by atoms with Gasteiger partial charge in [0.05, 0.1) is 5.39 Å². The largest absolute Gasteiger partial charge is 0.354 e. The first-order valence-electron chi connectivity index (χ1n) is 6.89. The van der Waals surface area contributed by atoms with Gasteiger partial charge in [-0.1, -0.05) is 0 Å². The molecule has 1 aliphatic rings. The van der Waals surface area contributed by atoms with E-state index < -0.39 is 0 Å². The summed E-state index contributed by atoms with van der Waals surface area (Å²) in [6, 6.07) is 2.75. The van der Waals surface area contributed by atoms with Crippen molar-refractivity contribution in [1.82, 2.24) is 14.9 Å². The maximum absolute atomic E-state index is 6.10. The van der Waals surface area contributed by atoms with Gasteiger partial charge in [0.2, 0.25) is 5.28 Å². The molecular weight excluding hydrogens is 292 g/mol. The zero-order valence-electron chi connectivity index (χ0n) is 12.1. The van der Waals surface area contributed by atoms with Crippen LogP contribution in [-0.2, 0) is 0 Å². The van der Waals surface area contributed by atoms with Gasteiger partial charge in [-0.2, -0.15) is 4.98 Å². The molecule has 0 amide bonds. The van der Waals surface area contributed by atoms with Crippen molar-refractivity contribution >= 4 is 39.0 Å². The van der Waals surface area contributed by atoms with Crippen LogP contribution in [0.1, 0.15) is 17.7 Å². The first kappa shape index (κ1) is 14.0. The summed E-state index contributed by atoms with van der Waals surface area (Å²) < 4.78 is 0. The van der Waals surface area contributed by atoms with E-state index in [9.17, 15) is 0 Å². The summed E-state index contributed by atoms with van der Waals surface area (Å²) in [7, 11) is 4.29. The maximum atomic E-state index is 6.10. The predicted molar refractivity (Wildman–Crippen MR) is 86.1 cm³/mol. The lowest BCUT2D eigenvalue weighted by atomic mass is 10.0. The van der Waals surface area contributed by atoms with Crippen LogP contribution in [-0.4, -0.2) is 48.1 Å². The predicted octanol–water partition coefficient (Wildman–Crippen LogP) is 3.18. The van der Waals surface area contributed by atoms with Crippen LogP contribution in [0.25, 0.3) is 10.2 Å². The molecule has 0 aromatic carbocycles. The summed E-state index contributed by atoms with van der Waals surface area (Å²) in [4.78, 5) is 15.7. The number of fused-ring (bicyclic) bond motifs is 1. The molecule has 1 fully saturated rings. The van der Waals surface area contributed by atoms with Crippen LogP contribution < -0.4 is 4.90 Å². The average molecular weight is 311 g/mol. The van der Waals surface area contributed by atoms with E-state index in [0.29, 0.717) is 11.3 Å². The first-order valence-corrected chi connectivity index (χ1v) is 8.09. The van der Waals surface area contributed by atoms with Crippen molar-refractivity contribution in [3.05, 3.63) is 16.2 Å². The van der Waals surface area contributed by atoms with Gasteiger partial charge in [-0.15, -0.1) is 11.3 Å². The zero-order valence-corrected chi connectivity index (χ0v) is 13.6. The Morgan fingerprint density at radius 2 is 2.20 bits per heavy atom. The minimum atomic E-state index is 0.348. The molecule has 3 rings (SSSR count). The van der Waals surface area contributed by atoms with E-state index in [2.05, 4.69) is 46.9 Å². The van der Waals surface area contributed by atoms with Crippen molar-refractivity contribution in [2.24, 2.45) is 0 Å². The SMILES string of the molecule is Cc1cc2c(N3CCCC(N(C)C)C3)nc(Cl)nc2s1. The smallest absolute Gasteiger partial charge is 0.225 e. The van der Waals surface area contributed by atoms with Gasteiger partial charge in [0, 0.05) is 24.0 Å². The Morgan fingerprint density at radius 3 is 2.95 bits per heavy atom. The molecule has 0 aliphatic carbocycles. The molecule has 1 saturated heterocycles. The van der Waals surface area contributed by atoms with E-state index in [4.69, 9.17) is 11.6 Å². The van der Waals surface area contributed by atoms with Gasteiger partial charge >= 0.3 is 0 Å². The summed E-state index contributed by atoms with van der Waals surface area (Å²) in [5.74, 6) is 0.996. The second-order valence-corrected chi connectivity index (χ2v) is 7.17. The van der Waals surface area contributed by atoms with Crippen LogP contribution in [0.5, 0.6) is 0 Å². The monoisotopic (exact) mass is 310 g/mol. The van der Waals surface area contributed by atoms with E-state index in [0.717, 1.165) is 29.1 Å². The zero-order chi connectivity index (χ0) is 14.3. The highest BCUT2D eigenvalue weighted by molar-refractivity contribution is 7.18. The highest BCUT2D eigenvalue weighted by atomic mass is 35.5. The Kier molecular flexibility index (Phi) is 3.84. The van der Waals surface area contributed by atoms with E-state index in [1.807, 2.05) is 0 Å². The number of hydrogen-bond donors (Lipinski definition) is 0. The summed E-state index contributed by atoms with van der Waals surface area (Å²) >= 11 is 7.78. The third-order valence-corrected chi connectivity index (χ3v) is 5.01. The van der Waals surface area contributed by atoms with E-state index in [-0.39, 0.29) is 0 Å². The second kappa shape index (κ2) is 5.47. The van der Waals surface area contributed by atoms with Crippen LogP contribution in [0.3, 0.4) is 0 Å². The standard InChI is InChI=1S/C14H19ClN4S/c1-9-7-11-12(16-14(15)17-13(11)20-9)19-6-4-5-10(8-19)18(2)3/h7,10H,4-6,8H2,1-3H3. The molecule has 1 unspecified atom stereocenters. The molecular formula is C14H19ClN4S. The minimum Gasteiger partial charge on any atom is -0.354 e. The number of thiophene rings is 1. The quantitative estimate of drug-likeness (QED) is 0.798. The van der Waals surface area contributed by atoms with Crippen molar-refractivity contribution in [2.75, 3.05) is 32.1 Å². The molecule has 20 heavy (non-hydrogen) atoms. The lowest BCUT2D eigenvalue weighted by Crippen LogP contribution is -2.45. The average Bonchev–Trinajstić information content (AvgIpc) is 2.78. The number of piperidine rings is 1. The van der Waals surface area contributed by atoms with E-state index in [1.54, 1.807) is 11.3 Å². The topological polar surface area (TPSA) is 32.3 Å². The van der Waals surface area contributed by atoms with Crippen molar-refractivity contribution in [3.8, 4) is 0 Å². The van der Waals surface area contributed by atoms with Gasteiger partial charge < -0.3 is 9.80 Å². The first-order chi connectivity index (χ1) is 9.54. The summed E-state index contributed by atoms with van der Waals surface area (Å²) in [5, 5.41) is 1.48. The minimum absolute atomic E-state index is 0.348. The molecule has 1 aliphatic heterocycles. The Bertz CT molecular complexity index is 625. The molecule has 0 radical (unpaired) electrons. The molecule has 1 atom stereocenters. The molecule has 0 saturated carbocycles. The molecule has 0 N–H and O–H groups in total. The number of aryl methyl sites for hydroxylation is 1. The Morgan fingerprint density at radius 1 is 1.40 bits per heavy atom. The number of rotatable bonds is 2. The molecule has 3 heterocycles. The van der Waals surface area contributed by atoms with Crippen molar-refractivity contribution in [3.63, 3.8) is 0 Å². The molecule has 6 heteroatoms. The third-order valence-electron chi connectivity index (χ3n) is 3.89. The van der Waals surface area contributed by atoms with E-state index in [1.165, 1.54) is 17.7 Å². The number of nitrogens with zero attached hydrogens (tertiary/aromatic N) is 4. The Labute approximate surface area is 128 Å². The lowest BCUT2D eigenvalue weighted by Gasteiger charge is -2.37. The molecule has 108 valence electrons. The molecule has 0 bridgehead atoms. The fourth-order valence-electron chi connectivity index (χ4n) is 2.81. The third kappa shape index (κ3) is 2.62. The number of aromatic nitrogens is 2.